The van der Waals surface area contributed by atoms with Gasteiger partial charge in [-0.3, -0.25) is 4.90 Å². The molecule has 3 rings (SSSR count). The maximum Gasteiger partial charge on any atom is 0.123 e. The summed E-state index contributed by atoms with van der Waals surface area (Å²) in [6.07, 6.45) is 5.27. The summed E-state index contributed by atoms with van der Waals surface area (Å²) in [6, 6.07) is 5.60. The van der Waals surface area contributed by atoms with E-state index in [4.69, 9.17) is 0 Å². The Kier molecular flexibility index (Phi) is 4.74. The van der Waals surface area contributed by atoms with E-state index in [0.717, 1.165) is 42.1 Å². The van der Waals surface area contributed by atoms with Crippen LogP contribution in [0.15, 0.2) is 22.7 Å². The van der Waals surface area contributed by atoms with Crippen molar-refractivity contribution in [3.63, 3.8) is 0 Å². The Bertz CT molecular complexity index is 456. The van der Waals surface area contributed by atoms with Crippen molar-refractivity contribution in [2.45, 2.75) is 38.3 Å². The van der Waals surface area contributed by atoms with Gasteiger partial charge in [-0.15, -0.1) is 0 Å². The molecule has 1 aliphatic carbocycles. The maximum absolute atomic E-state index is 13.4. The van der Waals surface area contributed by atoms with Crippen LogP contribution in [0.2, 0.25) is 0 Å². The number of rotatable bonds is 6. The van der Waals surface area contributed by atoms with Crippen LogP contribution in [0.3, 0.4) is 0 Å². The van der Waals surface area contributed by atoms with Gasteiger partial charge in [0, 0.05) is 30.1 Å². The van der Waals surface area contributed by atoms with Crippen molar-refractivity contribution in [1.29, 1.82) is 0 Å². The summed E-state index contributed by atoms with van der Waals surface area (Å²) in [7, 11) is 0. The van der Waals surface area contributed by atoms with E-state index in [1.807, 2.05) is 6.07 Å². The molecule has 0 radical (unpaired) electrons. The van der Waals surface area contributed by atoms with Gasteiger partial charge in [-0.2, -0.15) is 0 Å². The summed E-state index contributed by atoms with van der Waals surface area (Å²) in [4.78, 5) is 2.50. The predicted molar refractivity (Wildman–Crippen MR) is 83.1 cm³/mol. The van der Waals surface area contributed by atoms with Gasteiger partial charge in [-0.05, 0) is 61.9 Å². The zero-order valence-corrected chi connectivity index (χ0v) is 13.3. The molecular weight excluding hydrogens is 319 g/mol. The SMILES string of the molecule is Fc1ccc(Br)c(CN(CC2CC2)CC2CCCN2)c1. The molecule has 1 atom stereocenters. The van der Waals surface area contributed by atoms with E-state index in [1.54, 1.807) is 6.07 Å². The minimum absolute atomic E-state index is 0.145. The second kappa shape index (κ2) is 6.54. The third-order valence-electron chi connectivity index (χ3n) is 4.26. The first-order valence-electron chi connectivity index (χ1n) is 7.60. The standard InChI is InChI=1S/C16H22BrFN2/c17-16-6-5-14(18)8-13(16)10-20(9-12-3-4-12)11-15-2-1-7-19-15/h5-6,8,12,15,19H,1-4,7,9-11H2. The summed E-state index contributed by atoms with van der Waals surface area (Å²) in [5.41, 5.74) is 1.06. The first-order valence-corrected chi connectivity index (χ1v) is 8.39. The van der Waals surface area contributed by atoms with Crippen LogP contribution >= 0.6 is 15.9 Å². The molecule has 0 amide bonds. The Balaban J connectivity index is 1.65. The van der Waals surface area contributed by atoms with Crippen LogP contribution in [0.5, 0.6) is 0 Å². The van der Waals surface area contributed by atoms with Crippen LogP contribution in [0.25, 0.3) is 0 Å². The van der Waals surface area contributed by atoms with Gasteiger partial charge in [0.1, 0.15) is 5.82 Å². The van der Waals surface area contributed by atoms with Crippen molar-refractivity contribution >= 4 is 15.9 Å². The normalized spacial score (nSPS) is 22.6. The Morgan fingerprint density at radius 2 is 2.10 bits per heavy atom. The third kappa shape index (κ3) is 4.03. The molecule has 2 nitrogen and oxygen atoms in total. The van der Waals surface area contributed by atoms with E-state index >= 15 is 0 Å². The molecule has 1 saturated heterocycles. The molecule has 1 aromatic rings. The van der Waals surface area contributed by atoms with Gasteiger partial charge in [0.25, 0.3) is 0 Å². The first-order chi connectivity index (χ1) is 9.70. The Morgan fingerprint density at radius 1 is 1.25 bits per heavy atom. The number of halogens is 2. The Morgan fingerprint density at radius 3 is 2.80 bits per heavy atom. The Hall–Kier alpha value is -0.450. The van der Waals surface area contributed by atoms with Crippen LogP contribution in [-0.2, 0) is 6.54 Å². The van der Waals surface area contributed by atoms with Gasteiger partial charge in [0.2, 0.25) is 0 Å². The van der Waals surface area contributed by atoms with Crippen molar-refractivity contribution in [3.8, 4) is 0 Å². The predicted octanol–water partition coefficient (Wildman–Crippen LogP) is 3.55. The zero-order valence-electron chi connectivity index (χ0n) is 11.7. The smallest absolute Gasteiger partial charge is 0.123 e. The number of hydrogen-bond acceptors (Lipinski definition) is 2. The fraction of sp³-hybridized carbons (Fsp3) is 0.625. The third-order valence-corrected chi connectivity index (χ3v) is 5.03. The summed E-state index contributed by atoms with van der Waals surface area (Å²) >= 11 is 3.54. The molecule has 1 unspecified atom stereocenters. The molecule has 1 saturated carbocycles. The fourth-order valence-electron chi connectivity index (χ4n) is 3.00. The van der Waals surface area contributed by atoms with Gasteiger partial charge >= 0.3 is 0 Å². The van der Waals surface area contributed by atoms with Crippen LogP contribution in [-0.4, -0.2) is 30.6 Å². The average molecular weight is 341 g/mol. The highest BCUT2D eigenvalue weighted by Crippen LogP contribution is 2.31. The first kappa shape index (κ1) is 14.5. The van der Waals surface area contributed by atoms with Crippen molar-refractivity contribution in [3.05, 3.63) is 34.1 Å². The molecule has 2 aliphatic rings. The minimum Gasteiger partial charge on any atom is -0.313 e. The molecule has 0 spiro atoms. The van der Waals surface area contributed by atoms with E-state index in [1.165, 1.54) is 31.7 Å². The molecule has 2 fully saturated rings. The molecule has 0 aromatic heterocycles. The topological polar surface area (TPSA) is 15.3 Å². The van der Waals surface area contributed by atoms with E-state index in [2.05, 4.69) is 26.1 Å². The number of nitrogens with one attached hydrogen (secondary N) is 1. The summed E-state index contributed by atoms with van der Waals surface area (Å²) < 4.78 is 14.4. The fourth-order valence-corrected chi connectivity index (χ4v) is 3.37. The van der Waals surface area contributed by atoms with Gasteiger partial charge in [-0.25, -0.2) is 4.39 Å². The lowest BCUT2D eigenvalue weighted by Gasteiger charge is -2.26. The quantitative estimate of drug-likeness (QED) is 0.851. The van der Waals surface area contributed by atoms with Crippen molar-refractivity contribution in [1.82, 2.24) is 10.2 Å². The second-order valence-corrected chi connectivity index (χ2v) is 7.02. The van der Waals surface area contributed by atoms with E-state index < -0.39 is 0 Å². The lowest BCUT2D eigenvalue weighted by molar-refractivity contribution is 0.231. The molecule has 20 heavy (non-hydrogen) atoms. The van der Waals surface area contributed by atoms with Crippen LogP contribution in [0.4, 0.5) is 4.39 Å². The molecule has 4 heteroatoms. The number of hydrogen-bond donors (Lipinski definition) is 1. The molecule has 1 aliphatic heterocycles. The highest BCUT2D eigenvalue weighted by molar-refractivity contribution is 9.10. The van der Waals surface area contributed by atoms with Crippen LogP contribution in [0, 0.1) is 11.7 Å². The van der Waals surface area contributed by atoms with Gasteiger partial charge in [0.05, 0.1) is 0 Å². The molecule has 0 bridgehead atoms. The molecule has 110 valence electrons. The zero-order chi connectivity index (χ0) is 13.9. The average Bonchev–Trinajstić information content (AvgIpc) is 3.08. The summed E-state index contributed by atoms with van der Waals surface area (Å²) in [5.74, 6) is 0.720. The molecule has 1 heterocycles. The highest BCUT2D eigenvalue weighted by atomic mass is 79.9. The lowest BCUT2D eigenvalue weighted by Crippen LogP contribution is -2.38. The molecular formula is C16H22BrFN2. The van der Waals surface area contributed by atoms with Crippen LogP contribution < -0.4 is 5.32 Å². The van der Waals surface area contributed by atoms with Crippen LogP contribution in [0.1, 0.15) is 31.2 Å². The minimum atomic E-state index is -0.145. The van der Waals surface area contributed by atoms with Crippen molar-refractivity contribution in [2.24, 2.45) is 5.92 Å². The van der Waals surface area contributed by atoms with Gasteiger partial charge in [0.15, 0.2) is 0 Å². The van der Waals surface area contributed by atoms with Gasteiger partial charge < -0.3 is 5.32 Å². The summed E-state index contributed by atoms with van der Waals surface area (Å²) in [6.45, 7) is 4.22. The van der Waals surface area contributed by atoms with E-state index in [0.29, 0.717) is 6.04 Å². The lowest BCUT2D eigenvalue weighted by atomic mass is 10.1. The van der Waals surface area contributed by atoms with Gasteiger partial charge in [-0.1, -0.05) is 15.9 Å². The van der Waals surface area contributed by atoms with Crippen molar-refractivity contribution < 1.29 is 4.39 Å². The van der Waals surface area contributed by atoms with E-state index in [9.17, 15) is 4.39 Å². The monoisotopic (exact) mass is 340 g/mol. The summed E-state index contributed by atoms with van der Waals surface area (Å²) in [5, 5.41) is 3.57. The molecule has 1 aromatic carbocycles. The Labute approximate surface area is 128 Å². The van der Waals surface area contributed by atoms with Crippen molar-refractivity contribution in [2.75, 3.05) is 19.6 Å². The maximum atomic E-state index is 13.4. The largest absolute Gasteiger partial charge is 0.313 e. The number of benzene rings is 1. The number of nitrogens with zero attached hydrogens (tertiary/aromatic N) is 1. The molecule has 1 N–H and O–H groups in total. The second-order valence-electron chi connectivity index (χ2n) is 6.17. The highest BCUT2D eigenvalue weighted by Gasteiger charge is 2.26. The van der Waals surface area contributed by atoms with E-state index in [-0.39, 0.29) is 5.82 Å².